The molecule has 0 aromatic heterocycles. The fourth-order valence-electron chi connectivity index (χ4n) is 0.897. The lowest BCUT2D eigenvalue weighted by Gasteiger charge is -2.23. The lowest BCUT2D eigenvalue weighted by molar-refractivity contribution is -0.151. The van der Waals surface area contributed by atoms with Crippen LogP contribution >= 0.6 is 0 Å². The number of amides is 1. The number of alkyl halides is 2. The fraction of sp³-hybridized carbons (Fsp3) is 0.778. The summed E-state index contributed by atoms with van der Waals surface area (Å²) < 4.78 is 23.9. The van der Waals surface area contributed by atoms with Crippen molar-refractivity contribution >= 4 is 11.9 Å². The zero-order valence-corrected chi connectivity index (χ0v) is 8.96. The number of carbonyl (C=O) groups excluding carboxylic acids is 1. The molecular formula is C9H15F2NO3. The molecule has 1 N–H and O–H groups in total. The van der Waals surface area contributed by atoms with Gasteiger partial charge in [-0.2, -0.15) is 0 Å². The molecule has 0 heterocycles. The molecule has 0 atom stereocenters. The average molecular weight is 223 g/mol. The van der Waals surface area contributed by atoms with Gasteiger partial charge < -0.3 is 10.0 Å². The summed E-state index contributed by atoms with van der Waals surface area (Å²) in [7, 11) is 1.23. The number of nitrogens with zero attached hydrogens (tertiary/aromatic N) is 1. The van der Waals surface area contributed by atoms with Gasteiger partial charge in [0.25, 0.3) is 6.43 Å². The molecule has 0 aliphatic heterocycles. The molecule has 4 nitrogen and oxygen atoms in total. The quantitative estimate of drug-likeness (QED) is 0.762. The zero-order valence-electron chi connectivity index (χ0n) is 8.96. The number of hydrogen-bond donors (Lipinski definition) is 1. The Hall–Kier alpha value is -1.20. The first-order valence-electron chi connectivity index (χ1n) is 4.42. The second-order valence-electron chi connectivity index (χ2n) is 4.03. The van der Waals surface area contributed by atoms with E-state index < -0.39 is 30.3 Å². The Labute approximate surface area is 86.9 Å². The summed E-state index contributed by atoms with van der Waals surface area (Å²) in [6.45, 7) is 2.08. The molecule has 1 amide bonds. The third-order valence-electron chi connectivity index (χ3n) is 2.01. The lowest BCUT2D eigenvalue weighted by Crippen LogP contribution is -2.36. The Kier molecular flexibility index (Phi) is 4.64. The van der Waals surface area contributed by atoms with Gasteiger partial charge in [-0.25, -0.2) is 8.78 Å². The van der Waals surface area contributed by atoms with E-state index >= 15 is 0 Å². The molecule has 0 unspecified atom stereocenters. The van der Waals surface area contributed by atoms with Crippen molar-refractivity contribution in [2.45, 2.75) is 26.7 Å². The van der Waals surface area contributed by atoms with Crippen LogP contribution in [0.25, 0.3) is 0 Å². The highest BCUT2D eigenvalue weighted by atomic mass is 19.3. The highest BCUT2D eigenvalue weighted by molar-refractivity contribution is 5.84. The third-order valence-corrected chi connectivity index (χ3v) is 2.01. The summed E-state index contributed by atoms with van der Waals surface area (Å²) in [5, 5.41) is 8.73. The minimum atomic E-state index is -2.60. The largest absolute Gasteiger partial charge is 0.481 e. The molecule has 0 saturated heterocycles. The van der Waals surface area contributed by atoms with Crippen LogP contribution < -0.4 is 0 Å². The van der Waals surface area contributed by atoms with Crippen LogP contribution in [0.2, 0.25) is 0 Å². The number of carbonyl (C=O) groups is 2. The van der Waals surface area contributed by atoms with Gasteiger partial charge in [0.2, 0.25) is 5.91 Å². The van der Waals surface area contributed by atoms with Crippen molar-refractivity contribution in [3.63, 3.8) is 0 Å². The van der Waals surface area contributed by atoms with Crippen LogP contribution in [0.4, 0.5) is 8.78 Å². The molecule has 0 aliphatic rings. The van der Waals surface area contributed by atoms with Crippen molar-refractivity contribution in [3.05, 3.63) is 0 Å². The van der Waals surface area contributed by atoms with E-state index in [0.717, 1.165) is 4.90 Å². The maximum atomic E-state index is 11.9. The maximum absolute atomic E-state index is 11.9. The van der Waals surface area contributed by atoms with Gasteiger partial charge in [-0.3, -0.25) is 9.59 Å². The molecule has 0 aromatic rings. The molecule has 0 saturated carbocycles. The van der Waals surface area contributed by atoms with Gasteiger partial charge in [-0.15, -0.1) is 0 Å². The van der Waals surface area contributed by atoms with Gasteiger partial charge in [0.15, 0.2) is 0 Å². The molecule has 0 rings (SSSR count). The first-order valence-corrected chi connectivity index (χ1v) is 4.42. The summed E-state index contributed by atoms with van der Waals surface area (Å²) in [6, 6.07) is 0. The summed E-state index contributed by atoms with van der Waals surface area (Å²) >= 11 is 0. The number of halogens is 2. The minimum absolute atomic E-state index is 0.286. The van der Waals surface area contributed by atoms with Crippen LogP contribution in [0.15, 0.2) is 0 Å². The second kappa shape index (κ2) is 5.04. The summed E-state index contributed by atoms with van der Waals surface area (Å²) in [5.74, 6) is -1.72. The molecule has 0 fully saturated rings. The highest BCUT2D eigenvalue weighted by Crippen LogP contribution is 2.21. The van der Waals surface area contributed by atoms with Gasteiger partial charge in [0.1, 0.15) is 0 Å². The number of aliphatic carboxylic acids is 1. The van der Waals surface area contributed by atoms with Crippen molar-refractivity contribution in [2.24, 2.45) is 5.41 Å². The van der Waals surface area contributed by atoms with E-state index in [1.165, 1.54) is 20.9 Å². The molecular weight excluding hydrogens is 208 g/mol. The van der Waals surface area contributed by atoms with E-state index in [1.807, 2.05) is 0 Å². The smallest absolute Gasteiger partial charge is 0.309 e. The zero-order chi connectivity index (χ0) is 12.2. The van der Waals surface area contributed by atoms with Crippen LogP contribution in [0, 0.1) is 5.41 Å². The Morgan fingerprint density at radius 1 is 1.40 bits per heavy atom. The Morgan fingerprint density at radius 3 is 2.20 bits per heavy atom. The summed E-state index contributed by atoms with van der Waals surface area (Å²) in [5.41, 5.74) is -1.23. The highest BCUT2D eigenvalue weighted by Gasteiger charge is 2.31. The van der Waals surface area contributed by atoms with E-state index in [0.29, 0.717) is 0 Å². The number of rotatable bonds is 5. The van der Waals surface area contributed by atoms with Gasteiger partial charge in [-0.05, 0) is 13.8 Å². The van der Waals surface area contributed by atoms with Crippen molar-refractivity contribution in [3.8, 4) is 0 Å². The van der Waals surface area contributed by atoms with Crippen molar-refractivity contribution < 1.29 is 23.5 Å². The van der Waals surface area contributed by atoms with Crippen LogP contribution in [0.3, 0.4) is 0 Å². The van der Waals surface area contributed by atoms with Crippen molar-refractivity contribution in [1.29, 1.82) is 0 Å². The number of carboxylic acids is 1. The predicted octanol–water partition coefficient (Wildman–Crippen LogP) is 1.21. The molecule has 0 aliphatic carbocycles. The Morgan fingerprint density at radius 2 is 1.87 bits per heavy atom. The normalized spacial score (nSPS) is 11.6. The standard InChI is InChI=1S/C9H15F2NO3/c1-9(2,8(14)15)4-7(13)12(3)5-6(10)11/h6H,4-5H2,1-3H3,(H,14,15). The van der Waals surface area contributed by atoms with Crippen LogP contribution in [-0.4, -0.2) is 41.9 Å². The lowest BCUT2D eigenvalue weighted by atomic mass is 9.89. The van der Waals surface area contributed by atoms with Gasteiger partial charge in [0.05, 0.1) is 12.0 Å². The topological polar surface area (TPSA) is 57.6 Å². The third kappa shape index (κ3) is 4.71. The Balaban J connectivity index is 4.30. The molecule has 6 heteroatoms. The molecule has 15 heavy (non-hydrogen) atoms. The molecule has 88 valence electrons. The van der Waals surface area contributed by atoms with E-state index in [1.54, 1.807) is 0 Å². The summed E-state index contributed by atoms with van der Waals surface area (Å²) in [6.07, 6.45) is -2.89. The van der Waals surface area contributed by atoms with Crippen molar-refractivity contribution in [2.75, 3.05) is 13.6 Å². The number of hydrogen-bond acceptors (Lipinski definition) is 2. The SMILES string of the molecule is CN(CC(F)F)C(=O)CC(C)(C)C(=O)O. The van der Waals surface area contributed by atoms with Gasteiger partial charge >= 0.3 is 5.97 Å². The molecule has 0 aromatic carbocycles. The van der Waals surface area contributed by atoms with Crippen molar-refractivity contribution in [1.82, 2.24) is 4.90 Å². The van der Waals surface area contributed by atoms with E-state index in [4.69, 9.17) is 5.11 Å². The predicted molar refractivity (Wildman–Crippen MR) is 49.7 cm³/mol. The van der Waals surface area contributed by atoms with E-state index in [9.17, 15) is 18.4 Å². The maximum Gasteiger partial charge on any atom is 0.309 e. The van der Waals surface area contributed by atoms with Gasteiger partial charge in [-0.1, -0.05) is 0 Å². The monoisotopic (exact) mass is 223 g/mol. The fourth-order valence-corrected chi connectivity index (χ4v) is 0.897. The minimum Gasteiger partial charge on any atom is -0.481 e. The van der Waals surface area contributed by atoms with E-state index in [-0.39, 0.29) is 6.42 Å². The first-order chi connectivity index (χ1) is 6.66. The van der Waals surface area contributed by atoms with Gasteiger partial charge in [0, 0.05) is 13.5 Å². The molecule has 0 spiro atoms. The van der Waals surface area contributed by atoms with Crippen LogP contribution in [0.5, 0.6) is 0 Å². The van der Waals surface area contributed by atoms with Crippen LogP contribution in [-0.2, 0) is 9.59 Å². The van der Waals surface area contributed by atoms with Crippen LogP contribution in [0.1, 0.15) is 20.3 Å². The molecule has 0 bridgehead atoms. The summed E-state index contributed by atoms with van der Waals surface area (Å²) in [4.78, 5) is 22.9. The first kappa shape index (κ1) is 13.8. The number of carboxylic acid groups (broad SMARTS) is 1. The second-order valence-corrected chi connectivity index (χ2v) is 4.03. The van der Waals surface area contributed by atoms with E-state index in [2.05, 4.69) is 0 Å². The molecule has 0 radical (unpaired) electrons. The Bertz CT molecular complexity index is 254. The average Bonchev–Trinajstić information content (AvgIpc) is 2.01.